The first-order chi connectivity index (χ1) is 8.74. The molecule has 2 fully saturated rings. The number of ether oxygens (including phenoxy) is 1. The highest BCUT2D eigenvalue weighted by atomic mass is 32.2. The average molecular weight is 273 g/mol. The molecular formula is C14H27NO2S. The molecule has 4 heteroatoms. The first kappa shape index (κ1) is 14.6. The topological polar surface area (TPSA) is 41.5 Å². The van der Waals surface area contributed by atoms with Gasteiger partial charge in [-0.05, 0) is 37.9 Å². The van der Waals surface area contributed by atoms with E-state index in [0.29, 0.717) is 17.9 Å². The van der Waals surface area contributed by atoms with Gasteiger partial charge in [0.15, 0.2) is 0 Å². The van der Waals surface area contributed by atoms with Gasteiger partial charge in [-0.1, -0.05) is 12.8 Å². The van der Waals surface area contributed by atoms with Crippen LogP contribution in [0.2, 0.25) is 0 Å². The highest BCUT2D eigenvalue weighted by Gasteiger charge is 2.32. The summed E-state index contributed by atoms with van der Waals surface area (Å²) in [7, 11) is 0. The minimum Gasteiger partial charge on any atom is -0.389 e. The Balaban J connectivity index is 1.52. The van der Waals surface area contributed by atoms with Crippen LogP contribution in [0.5, 0.6) is 0 Å². The number of thioether (sulfide) groups is 1. The summed E-state index contributed by atoms with van der Waals surface area (Å²) in [4.78, 5) is 0. The molecule has 0 saturated heterocycles. The van der Waals surface area contributed by atoms with Gasteiger partial charge in [-0.15, -0.1) is 0 Å². The van der Waals surface area contributed by atoms with Crippen LogP contribution in [0.25, 0.3) is 0 Å². The Morgan fingerprint density at radius 2 is 2.11 bits per heavy atom. The molecule has 18 heavy (non-hydrogen) atoms. The lowest BCUT2D eigenvalue weighted by atomic mass is 10.1. The van der Waals surface area contributed by atoms with E-state index in [4.69, 9.17) is 4.74 Å². The number of rotatable bonds is 9. The summed E-state index contributed by atoms with van der Waals surface area (Å²) in [6.07, 6.45) is 9.82. The standard InChI is InChI=1S/C14H27NO2S/c1-18-14(6-2-3-7-14)11-15-8-13(16)10-17-9-12-4-5-12/h12-13,15-16H,2-11H2,1H3. The molecular weight excluding hydrogens is 246 g/mol. The Hall–Kier alpha value is 0.230. The summed E-state index contributed by atoms with van der Waals surface area (Å²) in [5, 5.41) is 13.2. The van der Waals surface area contributed by atoms with Gasteiger partial charge in [0.05, 0.1) is 12.7 Å². The van der Waals surface area contributed by atoms with Crippen LogP contribution in [-0.4, -0.2) is 48.5 Å². The SMILES string of the molecule is CSC1(CNCC(O)COCC2CC2)CCCC1. The van der Waals surface area contributed by atoms with Crippen LogP contribution < -0.4 is 5.32 Å². The van der Waals surface area contributed by atoms with E-state index in [0.717, 1.165) is 19.1 Å². The largest absolute Gasteiger partial charge is 0.389 e. The van der Waals surface area contributed by atoms with Gasteiger partial charge in [0.2, 0.25) is 0 Å². The molecule has 2 rings (SSSR count). The maximum atomic E-state index is 9.82. The molecule has 0 bridgehead atoms. The second-order valence-corrected chi connectivity index (χ2v) is 7.13. The van der Waals surface area contributed by atoms with E-state index in [1.807, 2.05) is 11.8 Å². The minimum absolute atomic E-state index is 0.357. The van der Waals surface area contributed by atoms with Crippen LogP contribution in [0.3, 0.4) is 0 Å². The molecule has 3 nitrogen and oxygen atoms in total. The zero-order valence-electron chi connectivity index (χ0n) is 11.5. The Morgan fingerprint density at radius 3 is 2.72 bits per heavy atom. The molecule has 2 aliphatic rings. The van der Waals surface area contributed by atoms with Gasteiger partial charge in [-0.2, -0.15) is 11.8 Å². The van der Waals surface area contributed by atoms with Crippen LogP contribution in [0.4, 0.5) is 0 Å². The van der Waals surface area contributed by atoms with Crippen molar-refractivity contribution in [2.75, 3.05) is 32.6 Å². The summed E-state index contributed by atoms with van der Waals surface area (Å²) in [6.45, 7) is 3.00. The van der Waals surface area contributed by atoms with E-state index in [-0.39, 0.29) is 6.10 Å². The molecule has 0 heterocycles. The molecule has 2 aliphatic carbocycles. The fourth-order valence-electron chi connectivity index (χ4n) is 2.65. The number of hydrogen-bond acceptors (Lipinski definition) is 4. The van der Waals surface area contributed by atoms with Crippen molar-refractivity contribution in [1.29, 1.82) is 0 Å². The van der Waals surface area contributed by atoms with Crippen LogP contribution >= 0.6 is 11.8 Å². The van der Waals surface area contributed by atoms with Gasteiger partial charge in [-0.3, -0.25) is 0 Å². The predicted molar refractivity (Wildman–Crippen MR) is 77.1 cm³/mol. The Morgan fingerprint density at radius 1 is 1.39 bits per heavy atom. The summed E-state index contributed by atoms with van der Waals surface area (Å²) >= 11 is 1.99. The van der Waals surface area contributed by atoms with Crippen LogP contribution in [0.15, 0.2) is 0 Å². The third-order valence-electron chi connectivity index (χ3n) is 4.14. The van der Waals surface area contributed by atoms with E-state index in [1.54, 1.807) is 0 Å². The lowest BCUT2D eigenvalue weighted by Crippen LogP contribution is -2.39. The normalized spacial score (nSPS) is 24.3. The summed E-state index contributed by atoms with van der Waals surface area (Å²) in [5.74, 6) is 0.781. The maximum absolute atomic E-state index is 9.82. The summed E-state index contributed by atoms with van der Waals surface area (Å²) < 4.78 is 5.92. The number of aliphatic hydroxyl groups excluding tert-OH is 1. The maximum Gasteiger partial charge on any atom is 0.0897 e. The van der Waals surface area contributed by atoms with E-state index >= 15 is 0 Å². The quantitative estimate of drug-likeness (QED) is 0.674. The molecule has 0 aromatic rings. The molecule has 0 aromatic carbocycles. The van der Waals surface area contributed by atoms with Gasteiger partial charge >= 0.3 is 0 Å². The van der Waals surface area contributed by atoms with Gasteiger partial charge < -0.3 is 15.2 Å². The molecule has 106 valence electrons. The molecule has 0 spiro atoms. The summed E-state index contributed by atoms with van der Waals surface area (Å²) in [6, 6.07) is 0. The predicted octanol–water partition coefficient (Wildman–Crippen LogP) is 2.04. The van der Waals surface area contributed by atoms with Gasteiger partial charge in [-0.25, -0.2) is 0 Å². The lowest BCUT2D eigenvalue weighted by Gasteiger charge is -2.27. The number of aliphatic hydroxyl groups is 1. The number of nitrogens with one attached hydrogen (secondary N) is 1. The zero-order valence-corrected chi connectivity index (χ0v) is 12.3. The van der Waals surface area contributed by atoms with Crippen molar-refractivity contribution >= 4 is 11.8 Å². The Labute approximate surface area is 115 Å². The average Bonchev–Trinajstić information content (AvgIpc) is 3.07. The van der Waals surface area contributed by atoms with Crippen molar-refractivity contribution in [1.82, 2.24) is 5.32 Å². The molecule has 1 unspecified atom stereocenters. The van der Waals surface area contributed by atoms with Crippen molar-refractivity contribution in [3.8, 4) is 0 Å². The van der Waals surface area contributed by atoms with Crippen molar-refractivity contribution in [2.24, 2.45) is 5.92 Å². The van der Waals surface area contributed by atoms with Crippen LogP contribution in [0.1, 0.15) is 38.5 Å². The molecule has 0 amide bonds. The van der Waals surface area contributed by atoms with Crippen LogP contribution in [-0.2, 0) is 4.74 Å². The third kappa shape index (κ3) is 4.72. The Bertz CT molecular complexity index is 240. The van der Waals surface area contributed by atoms with Gasteiger partial charge in [0.1, 0.15) is 0 Å². The minimum atomic E-state index is -0.357. The zero-order chi connectivity index (χ0) is 12.8. The second-order valence-electron chi connectivity index (χ2n) is 5.86. The van der Waals surface area contributed by atoms with Crippen molar-refractivity contribution in [2.45, 2.75) is 49.4 Å². The summed E-state index contributed by atoms with van der Waals surface area (Å²) in [5.41, 5.74) is 0. The molecule has 1 atom stereocenters. The second kappa shape index (κ2) is 7.13. The molecule has 0 aliphatic heterocycles. The monoisotopic (exact) mass is 273 g/mol. The first-order valence-electron chi connectivity index (χ1n) is 7.26. The first-order valence-corrected chi connectivity index (χ1v) is 8.48. The lowest BCUT2D eigenvalue weighted by molar-refractivity contribution is 0.0324. The smallest absolute Gasteiger partial charge is 0.0897 e. The van der Waals surface area contributed by atoms with Crippen molar-refractivity contribution in [3.05, 3.63) is 0 Å². The van der Waals surface area contributed by atoms with Gasteiger partial charge in [0.25, 0.3) is 0 Å². The van der Waals surface area contributed by atoms with E-state index in [1.165, 1.54) is 38.5 Å². The molecule has 2 N–H and O–H groups in total. The molecule has 2 saturated carbocycles. The van der Waals surface area contributed by atoms with Crippen molar-refractivity contribution < 1.29 is 9.84 Å². The van der Waals surface area contributed by atoms with Gasteiger partial charge in [0, 0.05) is 24.4 Å². The highest BCUT2D eigenvalue weighted by Crippen LogP contribution is 2.39. The highest BCUT2D eigenvalue weighted by molar-refractivity contribution is 8.00. The molecule has 0 aromatic heterocycles. The van der Waals surface area contributed by atoms with E-state index in [2.05, 4.69) is 11.6 Å². The van der Waals surface area contributed by atoms with E-state index < -0.39 is 0 Å². The third-order valence-corrected chi connectivity index (χ3v) is 5.55. The Kier molecular flexibility index (Phi) is 5.80. The fourth-order valence-corrected chi connectivity index (χ4v) is 3.60. The number of hydrogen-bond donors (Lipinski definition) is 2. The van der Waals surface area contributed by atoms with E-state index in [9.17, 15) is 5.11 Å². The fraction of sp³-hybridized carbons (Fsp3) is 1.00. The van der Waals surface area contributed by atoms with Crippen LogP contribution in [0, 0.1) is 5.92 Å². The van der Waals surface area contributed by atoms with Crippen molar-refractivity contribution in [3.63, 3.8) is 0 Å². The molecule has 0 radical (unpaired) electrons.